The number of benzene rings is 2. The van der Waals surface area contributed by atoms with Crippen molar-refractivity contribution in [2.24, 2.45) is 0 Å². The second-order valence-corrected chi connectivity index (χ2v) is 5.65. The molecular formula is C17H13NO2S. The van der Waals surface area contributed by atoms with Gasteiger partial charge in [0.05, 0.1) is 16.6 Å². The maximum Gasteiger partial charge on any atom is 0.268 e. The van der Waals surface area contributed by atoms with Gasteiger partial charge in [0.25, 0.3) is 5.56 Å². The van der Waals surface area contributed by atoms with Crippen LogP contribution in [0.15, 0.2) is 53.3 Å². The zero-order valence-electron chi connectivity index (χ0n) is 11.2. The van der Waals surface area contributed by atoms with Crippen molar-refractivity contribution < 1.29 is 5.11 Å². The smallest absolute Gasteiger partial charge is 0.268 e. The number of aromatic nitrogens is 1. The van der Waals surface area contributed by atoms with Gasteiger partial charge in [0.1, 0.15) is 6.61 Å². The van der Waals surface area contributed by atoms with Gasteiger partial charge in [-0.05, 0) is 29.8 Å². The molecule has 0 unspecified atom stereocenters. The maximum absolute atomic E-state index is 12.3. The van der Waals surface area contributed by atoms with Crippen LogP contribution in [0.1, 0.15) is 11.1 Å². The van der Waals surface area contributed by atoms with E-state index in [1.165, 1.54) is 11.5 Å². The van der Waals surface area contributed by atoms with E-state index in [4.69, 9.17) is 5.11 Å². The Bertz CT molecular complexity index is 879. The van der Waals surface area contributed by atoms with Crippen LogP contribution in [0.25, 0.3) is 10.1 Å². The summed E-state index contributed by atoms with van der Waals surface area (Å²) in [6.07, 6.45) is 0. The van der Waals surface area contributed by atoms with Gasteiger partial charge >= 0.3 is 0 Å². The van der Waals surface area contributed by atoms with Crippen molar-refractivity contribution in [3.8, 4) is 11.8 Å². The first-order valence-electron chi connectivity index (χ1n) is 6.55. The van der Waals surface area contributed by atoms with Crippen LogP contribution in [0.4, 0.5) is 0 Å². The fraction of sp³-hybridized carbons (Fsp3) is 0.118. The number of rotatable bonds is 2. The van der Waals surface area contributed by atoms with Crippen LogP contribution >= 0.6 is 11.5 Å². The largest absolute Gasteiger partial charge is 0.384 e. The summed E-state index contributed by atoms with van der Waals surface area (Å²) in [6.45, 7) is 0.421. The molecule has 0 radical (unpaired) electrons. The van der Waals surface area contributed by atoms with Gasteiger partial charge in [-0.25, -0.2) is 0 Å². The summed E-state index contributed by atoms with van der Waals surface area (Å²) >= 11 is 1.48. The second kappa shape index (κ2) is 5.96. The van der Waals surface area contributed by atoms with Crippen molar-refractivity contribution >= 4 is 21.6 Å². The molecule has 2 aromatic carbocycles. The zero-order chi connectivity index (χ0) is 14.7. The third kappa shape index (κ3) is 2.89. The van der Waals surface area contributed by atoms with Crippen molar-refractivity contribution in [1.29, 1.82) is 0 Å². The van der Waals surface area contributed by atoms with E-state index in [1.54, 1.807) is 3.96 Å². The van der Waals surface area contributed by atoms with E-state index in [1.807, 2.05) is 48.5 Å². The second-order valence-electron chi connectivity index (χ2n) is 4.59. The maximum atomic E-state index is 12.3. The quantitative estimate of drug-likeness (QED) is 0.738. The lowest BCUT2D eigenvalue weighted by atomic mass is 10.1. The first-order valence-corrected chi connectivity index (χ1v) is 7.33. The topological polar surface area (TPSA) is 42.2 Å². The molecule has 4 heteroatoms. The molecule has 0 spiro atoms. The van der Waals surface area contributed by atoms with Crippen molar-refractivity contribution in [1.82, 2.24) is 3.96 Å². The molecule has 104 valence electrons. The average molecular weight is 295 g/mol. The minimum absolute atomic E-state index is 0.0553. The predicted octanol–water partition coefficient (Wildman–Crippen LogP) is 2.46. The third-order valence-electron chi connectivity index (χ3n) is 3.14. The zero-order valence-corrected chi connectivity index (χ0v) is 12.1. The van der Waals surface area contributed by atoms with E-state index in [-0.39, 0.29) is 12.2 Å². The van der Waals surface area contributed by atoms with Crippen LogP contribution in [-0.2, 0) is 6.54 Å². The Kier molecular flexibility index (Phi) is 3.87. The molecule has 0 atom stereocenters. The lowest BCUT2D eigenvalue weighted by Gasteiger charge is -2.01. The number of hydrogen-bond donors (Lipinski definition) is 1. The Morgan fingerprint density at radius 2 is 1.86 bits per heavy atom. The molecule has 0 aliphatic carbocycles. The Hall–Kier alpha value is -2.35. The summed E-state index contributed by atoms with van der Waals surface area (Å²) in [5.74, 6) is 5.47. The van der Waals surface area contributed by atoms with Crippen LogP contribution in [0.5, 0.6) is 0 Å². The summed E-state index contributed by atoms with van der Waals surface area (Å²) in [5, 5.41) is 9.44. The fourth-order valence-electron chi connectivity index (χ4n) is 2.12. The van der Waals surface area contributed by atoms with Crippen LogP contribution < -0.4 is 5.56 Å². The summed E-state index contributed by atoms with van der Waals surface area (Å²) in [7, 11) is 0. The number of aliphatic hydroxyl groups excluding tert-OH is 1. The van der Waals surface area contributed by atoms with Gasteiger partial charge in [0.2, 0.25) is 0 Å². The van der Waals surface area contributed by atoms with Crippen molar-refractivity contribution in [3.05, 3.63) is 70.0 Å². The Morgan fingerprint density at radius 1 is 1.10 bits per heavy atom. The van der Waals surface area contributed by atoms with Crippen LogP contribution in [0.3, 0.4) is 0 Å². The molecule has 0 aliphatic rings. The van der Waals surface area contributed by atoms with Crippen molar-refractivity contribution in [2.75, 3.05) is 6.61 Å². The number of nitrogens with zero attached hydrogens (tertiary/aromatic N) is 1. The van der Waals surface area contributed by atoms with Gasteiger partial charge in [-0.3, -0.25) is 8.75 Å². The normalized spacial score (nSPS) is 10.3. The Balaban J connectivity index is 1.88. The van der Waals surface area contributed by atoms with Gasteiger partial charge in [0, 0.05) is 5.56 Å². The van der Waals surface area contributed by atoms with Gasteiger partial charge in [0.15, 0.2) is 0 Å². The average Bonchev–Trinajstić information content (AvgIpc) is 2.83. The van der Waals surface area contributed by atoms with Gasteiger partial charge < -0.3 is 5.11 Å². The lowest BCUT2D eigenvalue weighted by Crippen LogP contribution is -2.13. The molecule has 0 bridgehead atoms. The number of fused-ring (bicyclic) bond motifs is 1. The minimum atomic E-state index is -0.140. The molecule has 1 heterocycles. The van der Waals surface area contributed by atoms with Crippen molar-refractivity contribution in [2.45, 2.75) is 6.54 Å². The van der Waals surface area contributed by atoms with Crippen LogP contribution in [-0.4, -0.2) is 15.7 Å². The molecule has 21 heavy (non-hydrogen) atoms. The summed E-state index contributed by atoms with van der Waals surface area (Å²) in [6, 6.07) is 15.4. The third-order valence-corrected chi connectivity index (χ3v) is 4.21. The number of hydrogen-bond acceptors (Lipinski definition) is 3. The van der Waals surface area contributed by atoms with E-state index in [0.29, 0.717) is 6.54 Å². The lowest BCUT2D eigenvalue weighted by molar-refractivity contribution is 0.350. The highest BCUT2D eigenvalue weighted by molar-refractivity contribution is 7.13. The summed E-state index contributed by atoms with van der Waals surface area (Å²) < 4.78 is 2.77. The van der Waals surface area contributed by atoms with Crippen LogP contribution in [0, 0.1) is 11.8 Å². The van der Waals surface area contributed by atoms with Crippen molar-refractivity contribution in [3.63, 3.8) is 0 Å². The summed E-state index contributed by atoms with van der Waals surface area (Å²) in [5.41, 5.74) is 1.97. The highest BCUT2D eigenvalue weighted by Crippen LogP contribution is 2.17. The van der Waals surface area contributed by atoms with E-state index >= 15 is 0 Å². The first-order chi connectivity index (χ1) is 10.3. The molecule has 1 N–H and O–H groups in total. The SMILES string of the molecule is O=c1c2ccccc2sn1Cc1ccc(C#CCO)cc1. The highest BCUT2D eigenvalue weighted by Gasteiger charge is 2.06. The van der Waals surface area contributed by atoms with Crippen LogP contribution in [0.2, 0.25) is 0 Å². The van der Waals surface area contributed by atoms with E-state index < -0.39 is 0 Å². The van der Waals surface area contributed by atoms with Gasteiger partial charge in [-0.15, -0.1) is 0 Å². The molecule has 0 saturated carbocycles. The molecule has 3 nitrogen and oxygen atoms in total. The monoisotopic (exact) mass is 295 g/mol. The molecule has 0 aliphatic heterocycles. The molecular weight excluding hydrogens is 282 g/mol. The standard InChI is InChI=1S/C17H13NO2S/c19-11-3-4-13-7-9-14(10-8-13)12-18-17(20)15-5-1-2-6-16(15)21-18/h1-2,5-10,19H,11-12H2. The highest BCUT2D eigenvalue weighted by atomic mass is 32.1. The summed E-state index contributed by atoms with van der Waals surface area (Å²) in [4.78, 5) is 12.3. The molecule has 0 fully saturated rings. The van der Waals surface area contributed by atoms with E-state index in [2.05, 4.69) is 11.8 Å². The fourth-order valence-corrected chi connectivity index (χ4v) is 3.15. The predicted molar refractivity (Wildman–Crippen MR) is 85.6 cm³/mol. The van der Waals surface area contributed by atoms with E-state index in [9.17, 15) is 4.79 Å². The number of aliphatic hydroxyl groups is 1. The molecule has 1 aromatic heterocycles. The Morgan fingerprint density at radius 3 is 2.57 bits per heavy atom. The molecule has 0 amide bonds. The Labute approximate surface area is 126 Å². The molecule has 3 rings (SSSR count). The van der Waals surface area contributed by atoms with Gasteiger partial charge in [-0.2, -0.15) is 0 Å². The van der Waals surface area contributed by atoms with E-state index in [0.717, 1.165) is 21.2 Å². The van der Waals surface area contributed by atoms with Gasteiger partial charge in [-0.1, -0.05) is 47.6 Å². The minimum Gasteiger partial charge on any atom is -0.384 e. The molecule has 3 aromatic rings. The first kappa shape index (κ1) is 13.6. The molecule has 0 saturated heterocycles.